The highest BCUT2D eigenvalue weighted by Gasteiger charge is 2.30. The molecule has 0 spiro atoms. The van der Waals surface area contributed by atoms with Gasteiger partial charge in [0.2, 0.25) is 0 Å². The molecule has 0 heterocycles. The Labute approximate surface area is 194 Å². The van der Waals surface area contributed by atoms with Crippen molar-refractivity contribution in [2.45, 2.75) is 84.6 Å². The van der Waals surface area contributed by atoms with Crippen LogP contribution in [0, 0.1) is 5.92 Å². The molecule has 0 amide bonds. The predicted molar refractivity (Wildman–Crippen MR) is 130 cm³/mol. The first-order chi connectivity index (χ1) is 14.6. The van der Waals surface area contributed by atoms with Gasteiger partial charge in [-0.25, -0.2) is 4.79 Å². The first kappa shape index (κ1) is 31.1. The minimum absolute atomic E-state index is 0.0247. The van der Waals surface area contributed by atoms with Crippen LogP contribution in [0.15, 0.2) is 0 Å². The van der Waals surface area contributed by atoms with Crippen LogP contribution >= 0.6 is 18.5 Å². The standard InChI is InChI=1S/C22H46O7P2/c1-7-17(3)15-24-10-9-22(5,6)29-21(28-14-12-26-19(31)16-30)20(23)27-13-11-25-18(4)8-2/h17-19,21H,7-16,30-31H2,1-6H3. The van der Waals surface area contributed by atoms with Gasteiger partial charge in [-0.15, -0.1) is 18.5 Å². The van der Waals surface area contributed by atoms with E-state index in [1.54, 1.807) is 0 Å². The van der Waals surface area contributed by atoms with Crippen LogP contribution in [0.3, 0.4) is 0 Å². The van der Waals surface area contributed by atoms with E-state index in [0.717, 1.165) is 19.0 Å². The third kappa shape index (κ3) is 17.3. The van der Waals surface area contributed by atoms with Crippen molar-refractivity contribution in [1.82, 2.24) is 0 Å². The Morgan fingerprint density at radius 1 is 0.935 bits per heavy atom. The van der Waals surface area contributed by atoms with Gasteiger partial charge in [0.05, 0.1) is 37.4 Å². The second kappa shape index (κ2) is 18.5. The number of rotatable bonds is 20. The molecule has 7 nitrogen and oxygen atoms in total. The molecule has 0 aliphatic carbocycles. The van der Waals surface area contributed by atoms with E-state index in [-0.39, 0.29) is 25.2 Å². The molecular formula is C22H46O7P2. The number of carbonyl (C=O) groups is 1. The van der Waals surface area contributed by atoms with E-state index >= 15 is 0 Å². The van der Waals surface area contributed by atoms with Crippen molar-refractivity contribution in [3.63, 3.8) is 0 Å². The van der Waals surface area contributed by atoms with Gasteiger partial charge in [0.15, 0.2) is 0 Å². The lowest BCUT2D eigenvalue weighted by atomic mass is 10.1. The smallest absolute Gasteiger partial charge is 0.363 e. The number of hydrogen-bond acceptors (Lipinski definition) is 7. The number of ether oxygens (including phenoxy) is 6. The summed E-state index contributed by atoms with van der Waals surface area (Å²) in [5.74, 6) is -0.0126. The van der Waals surface area contributed by atoms with Crippen LogP contribution in [0.4, 0.5) is 0 Å². The highest BCUT2D eigenvalue weighted by atomic mass is 31.0. The summed E-state index contributed by atoms with van der Waals surface area (Å²) in [5.41, 5.74) is -0.615. The van der Waals surface area contributed by atoms with E-state index < -0.39 is 17.9 Å². The molecule has 0 radical (unpaired) electrons. The van der Waals surface area contributed by atoms with Crippen molar-refractivity contribution in [2.24, 2.45) is 5.92 Å². The molecule has 186 valence electrons. The van der Waals surface area contributed by atoms with Gasteiger partial charge in [-0.05, 0) is 45.7 Å². The minimum Gasteiger partial charge on any atom is -0.459 e. The highest BCUT2D eigenvalue weighted by Crippen LogP contribution is 2.19. The first-order valence-corrected chi connectivity index (χ1v) is 12.9. The zero-order valence-corrected chi connectivity index (χ0v) is 22.7. The van der Waals surface area contributed by atoms with Gasteiger partial charge in [-0.2, -0.15) is 0 Å². The maximum Gasteiger partial charge on any atom is 0.363 e. The van der Waals surface area contributed by atoms with Gasteiger partial charge in [0, 0.05) is 13.2 Å². The van der Waals surface area contributed by atoms with E-state index in [1.807, 2.05) is 27.7 Å². The Hall–Kier alpha value is 0.130. The van der Waals surface area contributed by atoms with Crippen LogP contribution < -0.4 is 0 Å². The Kier molecular flexibility index (Phi) is 18.6. The van der Waals surface area contributed by atoms with E-state index in [0.29, 0.717) is 38.8 Å². The van der Waals surface area contributed by atoms with Crippen LogP contribution in [0.1, 0.15) is 60.8 Å². The fraction of sp³-hybridized carbons (Fsp3) is 0.955. The molecule has 31 heavy (non-hydrogen) atoms. The predicted octanol–water partition coefficient (Wildman–Crippen LogP) is 4.03. The van der Waals surface area contributed by atoms with Crippen molar-refractivity contribution >= 4 is 24.4 Å². The van der Waals surface area contributed by atoms with Crippen LogP contribution in [0.5, 0.6) is 0 Å². The Morgan fingerprint density at radius 3 is 2.19 bits per heavy atom. The molecule has 0 aliphatic heterocycles. The van der Waals surface area contributed by atoms with E-state index in [1.165, 1.54) is 0 Å². The number of hydrogen-bond donors (Lipinski definition) is 0. The number of carbonyl (C=O) groups excluding carboxylic acids is 1. The van der Waals surface area contributed by atoms with Crippen molar-refractivity contribution < 1.29 is 33.2 Å². The summed E-state index contributed by atoms with van der Waals surface area (Å²) in [6, 6.07) is 0. The SMILES string of the molecule is CCC(C)COCCC(C)(C)OC(OCCOC(P)CP)C(=O)OCCOC(C)CC. The molecule has 0 aromatic carbocycles. The van der Waals surface area contributed by atoms with Crippen molar-refractivity contribution in [3.8, 4) is 0 Å². The fourth-order valence-electron chi connectivity index (χ4n) is 2.22. The van der Waals surface area contributed by atoms with Crippen LogP contribution in [0.2, 0.25) is 0 Å². The van der Waals surface area contributed by atoms with Gasteiger partial charge in [-0.1, -0.05) is 27.2 Å². The Morgan fingerprint density at radius 2 is 1.58 bits per heavy atom. The van der Waals surface area contributed by atoms with Gasteiger partial charge >= 0.3 is 5.97 Å². The lowest BCUT2D eigenvalue weighted by molar-refractivity contribution is -0.227. The van der Waals surface area contributed by atoms with Crippen LogP contribution in [-0.4, -0.2) is 75.6 Å². The number of esters is 1. The summed E-state index contributed by atoms with van der Waals surface area (Å²) < 4.78 is 33.8. The summed E-state index contributed by atoms with van der Waals surface area (Å²) >= 11 is 0. The van der Waals surface area contributed by atoms with Gasteiger partial charge < -0.3 is 28.4 Å². The van der Waals surface area contributed by atoms with E-state index in [2.05, 4.69) is 32.3 Å². The van der Waals surface area contributed by atoms with E-state index in [9.17, 15) is 4.79 Å². The summed E-state index contributed by atoms with van der Waals surface area (Å²) in [5, 5.41) is 0. The molecule has 0 rings (SSSR count). The fourth-order valence-corrected chi connectivity index (χ4v) is 2.49. The molecule has 0 aromatic heterocycles. The van der Waals surface area contributed by atoms with Crippen LogP contribution in [0.25, 0.3) is 0 Å². The largest absolute Gasteiger partial charge is 0.459 e. The van der Waals surface area contributed by atoms with Crippen LogP contribution in [-0.2, 0) is 33.2 Å². The lowest BCUT2D eigenvalue weighted by Gasteiger charge is -2.30. The lowest BCUT2D eigenvalue weighted by Crippen LogP contribution is -2.40. The van der Waals surface area contributed by atoms with Gasteiger partial charge in [-0.3, -0.25) is 0 Å². The van der Waals surface area contributed by atoms with Gasteiger partial charge in [0.1, 0.15) is 6.61 Å². The minimum atomic E-state index is -1.13. The summed E-state index contributed by atoms with van der Waals surface area (Å²) in [6.07, 6.45) is 2.42. The van der Waals surface area contributed by atoms with Crippen molar-refractivity contribution in [1.29, 1.82) is 0 Å². The molecule has 6 unspecified atom stereocenters. The average Bonchev–Trinajstić information content (AvgIpc) is 2.75. The molecular weight excluding hydrogens is 438 g/mol. The molecule has 0 aliphatic rings. The molecule has 0 bridgehead atoms. The normalized spacial score (nSPS) is 16.0. The molecule has 0 aromatic rings. The molecule has 0 saturated carbocycles. The quantitative estimate of drug-likeness (QED) is 0.112. The topological polar surface area (TPSA) is 72.5 Å². The molecule has 0 N–H and O–H groups in total. The molecule has 9 heteroatoms. The molecule has 0 saturated heterocycles. The maximum atomic E-state index is 12.6. The molecule has 0 fully saturated rings. The summed E-state index contributed by atoms with van der Waals surface area (Å²) in [6.45, 7) is 14.5. The Bertz CT molecular complexity index is 452. The second-order valence-corrected chi connectivity index (χ2v) is 9.54. The van der Waals surface area contributed by atoms with E-state index in [4.69, 9.17) is 28.4 Å². The summed E-state index contributed by atoms with van der Waals surface area (Å²) in [4.78, 5) is 12.6. The maximum absolute atomic E-state index is 12.6. The monoisotopic (exact) mass is 484 g/mol. The average molecular weight is 485 g/mol. The zero-order valence-electron chi connectivity index (χ0n) is 20.4. The zero-order chi connectivity index (χ0) is 23.7. The Balaban J connectivity index is 4.62. The third-order valence-corrected chi connectivity index (χ3v) is 6.26. The van der Waals surface area contributed by atoms with Crippen molar-refractivity contribution in [3.05, 3.63) is 0 Å². The highest BCUT2D eigenvalue weighted by molar-refractivity contribution is 7.22. The van der Waals surface area contributed by atoms with Crippen molar-refractivity contribution in [2.75, 3.05) is 45.8 Å². The third-order valence-electron chi connectivity index (χ3n) is 4.79. The van der Waals surface area contributed by atoms with Gasteiger partial charge in [0.25, 0.3) is 6.29 Å². The molecule has 6 atom stereocenters. The first-order valence-electron chi connectivity index (χ1n) is 11.4. The second-order valence-electron chi connectivity index (χ2n) is 8.32. The summed E-state index contributed by atoms with van der Waals surface area (Å²) in [7, 11) is 5.22.